The molecular weight excluding hydrogens is 1440 g/mol. The minimum atomic E-state index is -1.64. The molecule has 14 amide bonds. The Bertz CT molecular complexity index is 3100. The van der Waals surface area contributed by atoms with E-state index in [1.165, 1.54) is 26.5 Å². The van der Waals surface area contributed by atoms with E-state index in [1.54, 1.807) is 39.5 Å². The standard InChI is InChI=1S/C71H122N18O17S2/c1-7-41(4)56(69(103)88-34-17-24-52(88)62(96)80-47(37-40(2)3)60(94)81-48(38-55(76)91)68(102)87-33-15-23-51(87)63(97)82-49(39-107)71(105)106)83-64(98)54-26-18-35-89(54)70(104)57(42(5)90)84-65(99)53-25-16-32-86(53)67(101)46(21-10-13-30-74)79-59(93)44(19-8-11-28-72)77-58(92)45(20-9-12-29-73)78-61(95)50-22-14-31-85(50)66(100)43(75)27-36-108-6/h40-54,56-57,90,107H,7-39,72-75H2,1-6H3,(H2,76,91)(H,77,92)(H,78,95)(H,79,93)(H,80,96)(H,81,94)(H,82,97)(H,83,98)(H,84,99)(H,105,106)/t41-,42+,43-,44-,45-,46-,47-,48-,49-,50-,51-,52-,53-,54-,56-,57-/m0/s1. The van der Waals surface area contributed by atoms with Crippen LogP contribution in [-0.4, -0.2) is 284 Å². The number of carbonyl (C=O) groups is 15. The van der Waals surface area contributed by atoms with Crippen molar-refractivity contribution in [2.75, 3.05) is 70.1 Å². The van der Waals surface area contributed by atoms with Crippen LogP contribution in [0.1, 0.15) is 182 Å². The summed E-state index contributed by atoms with van der Waals surface area (Å²) in [6.07, 6.45) is 6.29. The number of primary amides is 1. The molecule has 0 spiro atoms. The third-order valence-corrected chi connectivity index (χ3v) is 21.9. The second-order valence-electron chi connectivity index (χ2n) is 29.5. The number of hydrogen-bond acceptors (Lipinski definition) is 22. The average Bonchev–Trinajstić information content (AvgIpc) is 1.60. The van der Waals surface area contributed by atoms with Crippen molar-refractivity contribution in [2.24, 2.45) is 40.5 Å². The summed E-state index contributed by atoms with van der Waals surface area (Å²) in [6.45, 7) is 9.74. The molecule has 0 aromatic carbocycles. The number of nitrogens with two attached hydrogens (primary N) is 5. The molecule has 0 bridgehead atoms. The van der Waals surface area contributed by atoms with E-state index in [-0.39, 0.29) is 108 Å². The number of aliphatic carboxylic acids is 1. The molecule has 20 N–H and O–H groups in total. The van der Waals surface area contributed by atoms with Crippen molar-refractivity contribution in [3.8, 4) is 0 Å². The number of nitrogens with zero attached hydrogens (tertiary/aromatic N) is 5. The Morgan fingerprint density at radius 3 is 1.19 bits per heavy atom. The van der Waals surface area contributed by atoms with Gasteiger partial charge in [0.25, 0.3) is 0 Å². The Labute approximate surface area is 642 Å². The van der Waals surface area contributed by atoms with Gasteiger partial charge in [-0.15, -0.1) is 0 Å². The first-order valence-electron chi connectivity index (χ1n) is 38.5. The maximum absolute atomic E-state index is 14.9. The molecule has 0 unspecified atom stereocenters. The van der Waals surface area contributed by atoms with Crippen LogP contribution in [0.4, 0.5) is 0 Å². The van der Waals surface area contributed by atoms with Crippen LogP contribution < -0.4 is 71.2 Å². The molecule has 5 aliphatic rings. The van der Waals surface area contributed by atoms with Crippen LogP contribution in [0.5, 0.6) is 0 Å². The van der Waals surface area contributed by atoms with E-state index in [0.717, 1.165) is 4.90 Å². The quantitative estimate of drug-likeness (QED) is 0.0209. The van der Waals surface area contributed by atoms with Gasteiger partial charge in [0, 0.05) is 38.5 Å². The van der Waals surface area contributed by atoms with Gasteiger partial charge in [0.1, 0.15) is 78.5 Å². The highest BCUT2D eigenvalue weighted by atomic mass is 32.2. The van der Waals surface area contributed by atoms with Gasteiger partial charge in [-0.25, -0.2) is 4.79 Å². The van der Waals surface area contributed by atoms with Crippen LogP contribution in [0.25, 0.3) is 0 Å². The zero-order chi connectivity index (χ0) is 80.1. The number of aliphatic hydroxyl groups is 1. The number of aliphatic hydroxyl groups excluding tert-OH is 1. The maximum Gasteiger partial charge on any atom is 0.327 e. The molecule has 37 heteroatoms. The number of thioether (sulfide) groups is 1. The Kier molecular flexibility index (Phi) is 38.5. The normalized spacial score (nSPS) is 21.6. The zero-order valence-electron chi connectivity index (χ0n) is 63.6. The predicted molar refractivity (Wildman–Crippen MR) is 405 cm³/mol. The molecule has 16 atom stereocenters. The lowest BCUT2D eigenvalue weighted by Crippen LogP contribution is -2.62. The van der Waals surface area contributed by atoms with E-state index in [1.807, 2.05) is 6.26 Å². The summed E-state index contributed by atoms with van der Waals surface area (Å²) < 4.78 is 0. The van der Waals surface area contributed by atoms with Crippen molar-refractivity contribution in [2.45, 2.75) is 273 Å². The number of carboxylic acids is 1. The van der Waals surface area contributed by atoms with Gasteiger partial charge >= 0.3 is 5.97 Å². The highest BCUT2D eigenvalue weighted by molar-refractivity contribution is 7.98. The summed E-state index contributed by atoms with van der Waals surface area (Å²) in [7, 11) is 0. The topological polar surface area (TPSA) is 539 Å². The fourth-order valence-electron chi connectivity index (χ4n) is 14.6. The molecule has 5 saturated heterocycles. The molecule has 0 aliphatic carbocycles. The van der Waals surface area contributed by atoms with Crippen molar-refractivity contribution < 1.29 is 82.1 Å². The van der Waals surface area contributed by atoms with E-state index < -0.39 is 186 Å². The number of rotatable bonds is 45. The van der Waals surface area contributed by atoms with Crippen molar-refractivity contribution in [3.05, 3.63) is 0 Å². The monoisotopic (exact) mass is 1560 g/mol. The minimum absolute atomic E-state index is 0.0155. The van der Waals surface area contributed by atoms with Crippen LogP contribution in [0.3, 0.4) is 0 Å². The number of nitrogens with one attached hydrogen (secondary N) is 8. The molecule has 5 fully saturated rings. The molecule has 0 radical (unpaired) electrons. The van der Waals surface area contributed by atoms with Crippen LogP contribution in [0.2, 0.25) is 0 Å². The fraction of sp³-hybridized carbons (Fsp3) is 0.789. The maximum atomic E-state index is 14.9. The molecule has 0 aromatic heterocycles. The molecule has 35 nitrogen and oxygen atoms in total. The molecular formula is C71H122N18O17S2. The number of hydrogen-bond donors (Lipinski definition) is 16. The summed E-state index contributed by atoms with van der Waals surface area (Å²) in [4.78, 5) is 217. The lowest BCUT2D eigenvalue weighted by molar-refractivity contribution is -0.147. The third kappa shape index (κ3) is 26.1. The van der Waals surface area contributed by atoms with Gasteiger partial charge < -0.3 is 106 Å². The van der Waals surface area contributed by atoms with Gasteiger partial charge in [-0.3, -0.25) is 67.1 Å². The highest BCUT2D eigenvalue weighted by Crippen LogP contribution is 2.28. The lowest BCUT2D eigenvalue weighted by atomic mass is 9.96. The SMILES string of the molecule is CC[C@H](C)[C@H](NC(=O)[C@@H]1CCCN1C(=O)[C@@H](NC(=O)[C@@H]1CCCN1C(=O)[C@H](CCCCN)NC(=O)[C@H](CCCCN)NC(=O)[C@H](CCCCN)NC(=O)[C@@H]1CCCN1C(=O)[C@@H](N)CCSC)[C@@H](C)O)C(=O)N1CCC[C@H]1C(=O)N[C@@H](CC(C)C)C(=O)N[C@@H](CC(N)=O)C(=O)N1CCC[C@H]1C(=O)N[C@@H](CS)C(=O)O. The van der Waals surface area contributed by atoms with Crippen LogP contribution in [0, 0.1) is 11.8 Å². The first kappa shape index (κ1) is 91.2. The van der Waals surface area contributed by atoms with Gasteiger partial charge in [0.05, 0.1) is 18.6 Å². The zero-order valence-corrected chi connectivity index (χ0v) is 65.4. The number of amides is 14. The summed E-state index contributed by atoms with van der Waals surface area (Å²) in [5.41, 5.74) is 29.4. The largest absolute Gasteiger partial charge is 0.480 e. The predicted octanol–water partition coefficient (Wildman–Crippen LogP) is -3.35. The van der Waals surface area contributed by atoms with E-state index in [4.69, 9.17) is 28.7 Å². The van der Waals surface area contributed by atoms with Gasteiger partial charge in [-0.05, 0) is 185 Å². The van der Waals surface area contributed by atoms with Crippen LogP contribution in [0.15, 0.2) is 0 Å². The smallest absolute Gasteiger partial charge is 0.327 e. The van der Waals surface area contributed by atoms with Crippen molar-refractivity contribution in [1.29, 1.82) is 0 Å². The minimum Gasteiger partial charge on any atom is -0.480 e. The lowest BCUT2D eigenvalue weighted by Gasteiger charge is -2.35. The summed E-state index contributed by atoms with van der Waals surface area (Å²) in [5, 5.41) is 42.5. The fourth-order valence-corrected chi connectivity index (χ4v) is 15.3. The molecule has 5 aliphatic heterocycles. The van der Waals surface area contributed by atoms with Crippen LogP contribution in [-0.2, 0) is 71.9 Å². The number of carboxylic acid groups (broad SMARTS) is 1. The Balaban J connectivity index is 1.28. The van der Waals surface area contributed by atoms with Gasteiger partial charge in [0.15, 0.2) is 0 Å². The number of likely N-dealkylation sites (tertiary alicyclic amines) is 5. The molecule has 0 saturated carbocycles. The second-order valence-corrected chi connectivity index (χ2v) is 30.8. The summed E-state index contributed by atoms with van der Waals surface area (Å²) >= 11 is 5.54. The van der Waals surface area contributed by atoms with E-state index in [9.17, 15) is 82.1 Å². The van der Waals surface area contributed by atoms with Crippen molar-refractivity contribution in [1.82, 2.24) is 67.0 Å². The number of carbonyl (C=O) groups excluding carboxylic acids is 14. The average molecular weight is 1560 g/mol. The first-order chi connectivity index (χ1) is 51.4. The Morgan fingerprint density at radius 2 is 0.796 bits per heavy atom. The van der Waals surface area contributed by atoms with Gasteiger partial charge in [-0.1, -0.05) is 34.1 Å². The molecule has 0 aromatic rings. The third-order valence-electron chi connectivity index (χ3n) is 20.8. The van der Waals surface area contributed by atoms with Crippen LogP contribution >= 0.6 is 24.4 Å². The second kappa shape index (κ2) is 45.6. The van der Waals surface area contributed by atoms with E-state index >= 15 is 0 Å². The summed E-state index contributed by atoms with van der Waals surface area (Å²) in [6, 6.07) is -17.1. The summed E-state index contributed by atoms with van der Waals surface area (Å²) in [5.74, 6) is -11.8. The number of thiol groups is 1. The van der Waals surface area contributed by atoms with Gasteiger partial charge in [-0.2, -0.15) is 24.4 Å². The molecule has 108 heavy (non-hydrogen) atoms. The molecule has 5 rings (SSSR count). The Hall–Kier alpha value is -7.45. The molecule has 5 heterocycles. The van der Waals surface area contributed by atoms with Crippen molar-refractivity contribution >= 4 is 113 Å². The molecule has 610 valence electrons. The number of unbranched alkanes of at least 4 members (excludes halogenated alkanes) is 3. The van der Waals surface area contributed by atoms with Gasteiger partial charge in [0.2, 0.25) is 82.7 Å². The first-order valence-corrected chi connectivity index (χ1v) is 40.5. The van der Waals surface area contributed by atoms with Crippen molar-refractivity contribution in [3.63, 3.8) is 0 Å². The highest BCUT2D eigenvalue weighted by Gasteiger charge is 2.48. The van der Waals surface area contributed by atoms with E-state index in [0.29, 0.717) is 109 Å². The van der Waals surface area contributed by atoms with E-state index in [2.05, 4.69) is 55.2 Å². The Morgan fingerprint density at radius 1 is 0.454 bits per heavy atom.